The fourth-order valence-corrected chi connectivity index (χ4v) is 2.98. The van der Waals surface area contributed by atoms with E-state index in [0.717, 1.165) is 0 Å². The van der Waals surface area contributed by atoms with E-state index in [1.54, 1.807) is 45.0 Å². The quantitative estimate of drug-likeness (QED) is 0.553. The third-order valence-corrected chi connectivity index (χ3v) is 4.36. The van der Waals surface area contributed by atoms with Gasteiger partial charge in [-0.15, -0.1) is 10.2 Å². The molecule has 0 fully saturated rings. The van der Waals surface area contributed by atoms with Gasteiger partial charge in [0.2, 0.25) is 0 Å². The predicted octanol–water partition coefficient (Wildman–Crippen LogP) is 4.73. The van der Waals surface area contributed by atoms with Gasteiger partial charge >= 0.3 is 5.97 Å². The second kappa shape index (κ2) is 8.69. The largest absolute Gasteiger partial charge is 0.456 e. The lowest BCUT2D eigenvalue weighted by molar-refractivity contribution is 0.00694. The number of rotatable bonds is 5. The molecule has 0 bridgehead atoms. The molecule has 3 aromatic rings. The van der Waals surface area contributed by atoms with Crippen LogP contribution in [-0.2, 0) is 4.74 Å². The maximum Gasteiger partial charge on any atom is 0.338 e. The molecule has 0 aliphatic carbocycles. The number of nitrogens with one attached hydrogen (secondary N) is 1. The Morgan fingerprint density at radius 3 is 2.35 bits per heavy atom. The van der Waals surface area contributed by atoms with Crippen molar-refractivity contribution < 1.29 is 18.7 Å². The van der Waals surface area contributed by atoms with E-state index in [4.69, 9.17) is 22.1 Å². The van der Waals surface area contributed by atoms with Crippen molar-refractivity contribution in [3.8, 4) is 11.3 Å². The van der Waals surface area contributed by atoms with Gasteiger partial charge in [0.15, 0.2) is 5.69 Å². The monoisotopic (exact) mass is 442 g/mol. The third kappa shape index (κ3) is 5.35. The summed E-state index contributed by atoms with van der Waals surface area (Å²) in [5, 5.41) is 10.9. The topological polar surface area (TPSA) is 107 Å². The number of halogens is 2. The molecular weight excluding hydrogens is 423 g/mol. The van der Waals surface area contributed by atoms with Crippen LogP contribution in [0.5, 0.6) is 0 Å². The minimum atomic E-state index is -0.813. The van der Waals surface area contributed by atoms with Crippen molar-refractivity contribution in [3.63, 3.8) is 0 Å². The van der Waals surface area contributed by atoms with Crippen molar-refractivity contribution in [3.05, 3.63) is 70.6 Å². The molecule has 0 aliphatic rings. The molecule has 31 heavy (non-hydrogen) atoms. The van der Waals surface area contributed by atoms with E-state index in [0.29, 0.717) is 11.3 Å². The molecule has 160 valence electrons. The van der Waals surface area contributed by atoms with Crippen LogP contribution in [0.15, 0.2) is 48.5 Å². The number of primary amides is 1. The Bertz CT molecular complexity index is 1120. The van der Waals surface area contributed by atoms with Gasteiger partial charge in [0, 0.05) is 5.69 Å². The summed E-state index contributed by atoms with van der Waals surface area (Å²) >= 11 is 6.11. The van der Waals surface area contributed by atoms with Crippen LogP contribution in [0.4, 0.5) is 15.8 Å². The molecule has 0 saturated carbocycles. The number of benzene rings is 2. The summed E-state index contributed by atoms with van der Waals surface area (Å²) in [7, 11) is 0. The molecule has 0 aliphatic heterocycles. The average molecular weight is 443 g/mol. The van der Waals surface area contributed by atoms with Crippen molar-refractivity contribution in [2.45, 2.75) is 26.4 Å². The second-order valence-corrected chi connectivity index (χ2v) is 8.06. The summed E-state index contributed by atoms with van der Waals surface area (Å²) in [6.07, 6.45) is 0. The summed E-state index contributed by atoms with van der Waals surface area (Å²) in [6, 6.07) is 12.1. The highest BCUT2D eigenvalue weighted by Crippen LogP contribution is 2.31. The average Bonchev–Trinajstić information content (AvgIpc) is 2.67. The Morgan fingerprint density at radius 2 is 1.77 bits per heavy atom. The van der Waals surface area contributed by atoms with Crippen LogP contribution in [-0.4, -0.2) is 27.7 Å². The van der Waals surface area contributed by atoms with E-state index in [1.807, 2.05) is 0 Å². The Balaban J connectivity index is 1.93. The summed E-state index contributed by atoms with van der Waals surface area (Å²) in [6.45, 7) is 5.34. The number of aromatic nitrogens is 2. The minimum absolute atomic E-state index is 0.0519. The number of carbonyl (C=O) groups is 2. The number of nitrogens with zero attached hydrogens (tertiary/aromatic N) is 2. The molecule has 7 nitrogen and oxygen atoms in total. The third-order valence-electron chi connectivity index (χ3n) is 4.04. The van der Waals surface area contributed by atoms with Crippen molar-refractivity contribution in [1.29, 1.82) is 0 Å². The van der Waals surface area contributed by atoms with Gasteiger partial charge in [0.25, 0.3) is 5.91 Å². The van der Waals surface area contributed by atoms with Crippen molar-refractivity contribution >= 4 is 34.9 Å². The van der Waals surface area contributed by atoms with Gasteiger partial charge in [-0.05, 0) is 63.2 Å². The molecule has 0 radical (unpaired) electrons. The maximum atomic E-state index is 14.3. The van der Waals surface area contributed by atoms with Crippen LogP contribution < -0.4 is 11.1 Å². The van der Waals surface area contributed by atoms with E-state index < -0.39 is 23.3 Å². The SMILES string of the molecule is CC(C)(C)OC(=O)c1ccc(Nc2cc(-c3c(F)cccc3Cl)nnc2C(N)=O)cc1. The summed E-state index contributed by atoms with van der Waals surface area (Å²) < 4.78 is 19.6. The highest BCUT2D eigenvalue weighted by atomic mass is 35.5. The number of carbonyl (C=O) groups excluding carboxylic acids is 2. The fourth-order valence-electron chi connectivity index (χ4n) is 2.72. The van der Waals surface area contributed by atoms with Gasteiger partial charge in [-0.2, -0.15) is 0 Å². The van der Waals surface area contributed by atoms with Gasteiger partial charge in [-0.25, -0.2) is 9.18 Å². The first-order valence-electron chi connectivity index (χ1n) is 9.27. The molecule has 0 saturated heterocycles. The molecule has 3 rings (SSSR count). The molecule has 1 heterocycles. The van der Waals surface area contributed by atoms with Crippen molar-refractivity contribution in [2.75, 3.05) is 5.32 Å². The van der Waals surface area contributed by atoms with E-state index in [1.165, 1.54) is 24.3 Å². The Hall–Kier alpha value is -3.52. The van der Waals surface area contributed by atoms with Gasteiger partial charge in [-0.3, -0.25) is 4.79 Å². The lowest BCUT2D eigenvalue weighted by atomic mass is 10.1. The zero-order valence-corrected chi connectivity index (χ0v) is 17.8. The zero-order valence-electron chi connectivity index (χ0n) is 17.1. The standard InChI is InChI=1S/C22H20ClFN4O3/c1-22(2,3)31-21(30)12-7-9-13(10-8-12)26-17-11-16(27-28-19(17)20(25)29)18-14(23)5-4-6-15(18)24/h4-11H,1-3H3,(H2,25,29)(H,26,27). The van der Waals surface area contributed by atoms with Crippen molar-refractivity contribution in [1.82, 2.24) is 10.2 Å². The molecule has 2 aromatic carbocycles. The normalized spacial score (nSPS) is 11.1. The Kier molecular flexibility index (Phi) is 6.21. The van der Waals surface area contributed by atoms with E-state index in [-0.39, 0.29) is 27.7 Å². The molecule has 9 heteroatoms. The van der Waals surface area contributed by atoms with Crippen LogP contribution >= 0.6 is 11.6 Å². The molecule has 3 N–H and O–H groups in total. The Labute approximate surface area is 183 Å². The maximum absolute atomic E-state index is 14.3. The van der Waals surface area contributed by atoms with Crippen LogP contribution in [0.2, 0.25) is 5.02 Å². The van der Waals surface area contributed by atoms with Crippen LogP contribution in [0, 0.1) is 5.82 Å². The van der Waals surface area contributed by atoms with Gasteiger partial charge in [0.1, 0.15) is 11.4 Å². The predicted molar refractivity (Wildman–Crippen MR) is 116 cm³/mol. The smallest absolute Gasteiger partial charge is 0.338 e. The number of anilines is 2. The number of ether oxygens (including phenoxy) is 1. The minimum Gasteiger partial charge on any atom is -0.456 e. The Morgan fingerprint density at radius 1 is 1.10 bits per heavy atom. The molecule has 0 atom stereocenters. The highest BCUT2D eigenvalue weighted by molar-refractivity contribution is 6.33. The van der Waals surface area contributed by atoms with E-state index in [2.05, 4.69) is 15.5 Å². The lowest BCUT2D eigenvalue weighted by Gasteiger charge is -2.19. The van der Waals surface area contributed by atoms with Gasteiger partial charge in [0.05, 0.1) is 27.5 Å². The first-order chi connectivity index (χ1) is 14.5. The molecule has 0 unspecified atom stereocenters. The van der Waals surface area contributed by atoms with E-state index in [9.17, 15) is 14.0 Å². The van der Waals surface area contributed by atoms with Gasteiger partial charge < -0.3 is 15.8 Å². The second-order valence-electron chi connectivity index (χ2n) is 7.66. The highest BCUT2D eigenvalue weighted by Gasteiger charge is 2.19. The van der Waals surface area contributed by atoms with Crippen LogP contribution in [0.3, 0.4) is 0 Å². The molecule has 1 aromatic heterocycles. The number of nitrogens with two attached hydrogens (primary N) is 1. The first-order valence-corrected chi connectivity index (χ1v) is 9.65. The van der Waals surface area contributed by atoms with Gasteiger partial charge in [-0.1, -0.05) is 17.7 Å². The number of amides is 1. The number of hydrogen-bond donors (Lipinski definition) is 2. The van der Waals surface area contributed by atoms with Crippen LogP contribution in [0.1, 0.15) is 41.6 Å². The summed E-state index contributed by atoms with van der Waals surface area (Å²) in [5.74, 6) is -1.85. The fraction of sp³-hybridized carbons (Fsp3) is 0.182. The van der Waals surface area contributed by atoms with Crippen LogP contribution in [0.25, 0.3) is 11.3 Å². The van der Waals surface area contributed by atoms with E-state index >= 15 is 0 Å². The summed E-state index contributed by atoms with van der Waals surface area (Å²) in [5.41, 5.74) is 5.94. The zero-order chi connectivity index (χ0) is 22.8. The summed E-state index contributed by atoms with van der Waals surface area (Å²) in [4.78, 5) is 24.0. The van der Waals surface area contributed by atoms with Crippen molar-refractivity contribution in [2.24, 2.45) is 5.73 Å². The number of esters is 1. The lowest BCUT2D eigenvalue weighted by Crippen LogP contribution is -2.23. The molecular formula is C22H20ClFN4O3. The first kappa shape index (κ1) is 22.2. The number of hydrogen-bond acceptors (Lipinski definition) is 6. The molecule has 0 spiro atoms. The molecule has 1 amide bonds.